The molecule has 1 heterocycles. The number of unbranched alkanes of at least 4 members (excludes halogenated alkanes) is 27. The first-order chi connectivity index (χ1) is 33.1. The second-order valence-corrected chi connectivity index (χ2v) is 20.0. The van der Waals surface area contributed by atoms with E-state index in [4.69, 9.17) is 18.9 Å². The lowest BCUT2D eigenvalue weighted by Crippen LogP contribution is -2.47. The Balaban J connectivity index is 2.47. The number of likely N-dealkylation sites (N-methyl/N-ethyl adjacent to an activating group) is 1. The molecule has 1 saturated heterocycles. The third-order valence-electron chi connectivity index (χ3n) is 13.1. The van der Waals surface area contributed by atoms with E-state index in [2.05, 4.69) is 113 Å². The minimum absolute atomic E-state index is 0.0238. The highest BCUT2D eigenvalue weighted by atomic mass is 16.6. The Morgan fingerprint density at radius 3 is 1.10 bits per heavy atom. The van der Waals surface area contributed by atoms with Gasteiger partial charge in [0.2, 0.25) is 0 Å². The van der Waals surface area contributed by atoms with Crippen molar-refractivity contribution < 1.29 is 18.9 Å². The molecule has 5 nitrogen and oxygen atoms in total. The maximum atomic E-state index is 6.75. The van der Waals surface area contributed by atoms with Crippen LogP contribution in [0.2, 0.25) is 0 Å². The van der Waals surface area contributed by atoms with E-state index in [-0.39, 0.29) is 24.4 Å². The average molecular weight is 937 g/mol. The Hall–Kier alpha value is -1.76. The number of hydrogen-bond acceptors (Lipinski definition) is 5. The largest absolute Gasteiger partial charge is 0.374 e. The van der Waals surface area contributed by atoms with Gasteiger partial charge in [0.25, 0.3) is 0 Å². The first kappa shape index (κ1) is 63.3. The molecule has 1 rings (SSSR count). The van der Waals surface area contributed by atoms with Crippen molar-refractivity contribution in [1.82, 2.24) is 4.90 Å². The predicted octanol–water partition coefficient (Wildman–Crippen LogP) is 18.5. The SMILES string of the molecule is CCCCC/C=C\C/C=C\CCCCCCCCOC(CN(C)C)[C@H]1OC[C@H](OCCCCCCCC/C=C\C/C=C\CCCCC)[C@H]1OCCCCCCCC/C=C\C/C=C\CCCCC. The van der Waals surface area contributed by atoms with Crippen molar-refractivity contribution in [2.45, 2.75) is 276 Å². The summed E-state index contributed by atoms with van der Waals surface area (Å²) in [4.78, 5) is 2.24. The van der Waals surface area contributed by atoms with Crippen LogP contribution in [0.4, 0.5) is 0 Å². The number of hydrogen-bond donors (Lipinski definition) is 0. The molecule has 0 bridgehead atoms. The van der Waals surface area contributed by atoms with E-state index in [9.17, 15) is 0 Å². The zero-order valence-corrected chi connectivity index (χ0v) is 45.3. The normalized spacial score (nSPS) is 17.6. The molecule has 0 spiro atoms. The molecule has 390 valence electrons. The van der Waals surface area contributed by atoms with Gasteiger partial charge in [-0.15, -0.1) is 0 Å². The molecule has 67 heavy (non-hydrogen) atoms. The standard InChI is InChI=1S/C62H113NO4/c1-6-9-12-15-18-21-24-27-30-33-36-39-42-45-48-51-54-64-59(57-63(4)5)61-62(66-56-53-50-47-44-41-38-35-32-29-26-23-20-17-14-11-8-3)60(58-67-61)65-55-52-49-46-43-40-37-34-31-28-25-22-19-16-13-10-7-2/h18-23,27-32,59-62H,6-17,24-26,33-58H2,1-5H3/b21-18-,22-19-,23-20-,30-27-,31-28-,32-29-/t59?,60-,61+,62+/m0/s1. The van der Waals surface area contributed by atoms with Gasteiger partial charge in [-0.05, 0) is 130 Å². The zero-order valence-electron chi connectivity index (χ0n) is 45.3. The summed E-state index contributed by atoms with van der Waals surface area (Å²) in [6.07, 6.45) is 73.2. The van der Waals surface area contributed by atoms with Crippen molar-refractivity contribution in [2.24, 2.45) is 0 Å². The van der Waals surface area contributed by atoms with Crippen LogP contribution in [0, 0.1) is 0 Å². The molecule has 5 heteroatoms. The number of ether oxygens (including phenoxy) is 4. The number of nitrogens with zero attached hydrogens (tertiary/aromatic N) is 1. The first-order valence-corrected chi connectivity index (χ1v) is 29.1. The van der Waals surface area contributed by atoms with Gasteiger partial charge in [0, 0.05) is 26.4 Å². The van der Waals surface area contributed by atoms with E-state index in [0.717, 1.165) is 64.9 Å². The van der Waals surface area contributed by atoms with Gasteiger partial charge in [0.15, 0.2) is 0 Å². The molecule has 1 aliphatic heterocycles. The Morgan fingerprint density at radius 2 is 0.731 bits per heavy atom. The third kappa shape index (κ3) is 42.8. The molecule has 0 aromatic carbocycles. The van der Waals surface area contributed by atoms with Crippen LogP contribution < -0.4 is 0 Å². The molecule has 1 fully saturated rings. The Kier molecular flexibility index (Phi) is 49.2. The second-order valence-electron chi connectivity index (χ2n) is 20.0. The number of rotatable bonds is 51. The molecule has 0 saturated carbocycles. The summed E-state index contributed by atoms with van der Waals surface area (Å²) in [5.41, 5.74) is 0. The van der Waals surface area contributed by atoms with Gasteiger partial charge in [0.05, 0.1) is 12.7 Å². The fraction of sp³-hybridized carbons (Fsp3) is 0.806. The van der Waals surface area contributed by atoms with Crippen molar-refractivity contribution in [3.05, 3.63) is 72.9 Å². The van der Waals surface area contributed by atoms with Gasteiger partial charge in [-0.25, -0.2) is 0 Å². The van der Waals surface area contributed by atoms with Crippen LogP contribution >= 0.6 is 0 Å². The topological polar surface area (TPSA) is 40.2 Å². The molecule has 0 radical (unpaired) electrons. The van der Waals surface area contributed by atoms with Gasteiger partial charge in [0.1, 0.15) is 18.3 Å². The van der Waals surface area contributed by atoms with Crippen molar-refractivity contribution in [3.63, 3.8) is 0 Å². The Morgan fingerprint density at radius 1 is 0.403 bits per heavy atom. The van der Waals surface area contributed by atoms with Gasteiger partial charge < -0.3 is 23.8 Å². The highest BCUT2D eigenvalue weighted by Crippen LogP contribution is 2.27. The van der Waals surface area contributed by atoms with E-state index < -0.39 is 0 Å². The quantitative estimate of drug-likeness (QED) is 0.0449. The molecule has 0 N–H and O–H groups in total. The minimum atomic E-state index is -0.0996. The maximum absolute atomic E-state index is 6.75. The van der Waals surface area contributed by atoms with E-state index in [1.54, 1.807) is 0 Å². The molecule has 0 aromatic rings. The average Bonchev–Trinajstić information content (AvgIpc) is 3.73. The molecule has 0 aliphatic carbocycles. The monoisotopic (exact) mass is 936 g/mol. The van der Waals surface area contributed by atoms with Crippen LogP contribution in [0.15, 0.2) is 72.9 Å². The lowest BCUT2D eigenvalue weighted by atomic mass is 10.0. The summed E-state index contributed by atoms with van der Waals surface area (Å²) in [6.45, 7) is 10.6. The van der Waals surface area contributed by atoms with Crippen LogP contribution in [-0.4, -0.2) is 76.4 Å². The highest BCUT2D eigenvalue weighted by molar-refractivity contribution is 4.95. The summed E-state index contributed by atoms with van der Waals surface area (Å²) in [5, 5.41) is 0. The Labute approximate surface area is 418 Å². The van der Waals surface area contributed by atoms with Crippen molar-refractivity contribution in [2.75, 3.05) is 47.1 Å². The predicted molar refractivity (Wildman–Crippen MR) is 296 cm³/mol. The van der Waals surface area contributed by atoms with Crippen molar-refractivity contribution >= 4 is 0 Å². The fourth-order valence-corrected chi connectivity index (χ4v) is 8.84. The van der Waals surface area contributed by atoms with E-state index in [1.165, 1.54) is 193 Å². The summed E-state index contributed by atoms with van der Waals surface area (Å²) in [7, 11) is 4.29. The van der Waals surface area contributed by atoms with Gasteiger partial charge in [-0.1, -0.05) is 209 Å². The van der Waals surface area contributed by atoms with E-state index in [0.29, 0.717) is 6.61 Å². The molecule has 0 amide bonds. The van der Waals surface area contributed by atoms with E-state index in [1.807, 2.05) is 0 Å². The molecular formula is C62H113NO4. The molecule has 4 atom stereocenters. The number of allylic oxidation sites excluding steroid dienone is 12. The van der Waals surface area contributed by atoms with Crippen LogP contribution in [0.5, 0.6) is 0 Å². The van der Waals surface area contributed by atoms with Gasteiger partial charge in [-0.3, -0.25) is 0 Å². The van der Waals surface area contributed by atoms with Gasteiger partial charge in [-0.2, -0.15) is 0 Å². The zero-order chi connectivity index (χ0) is 48.2. The van der Waals surface area contributed by atoms with Crippen molar-refractivity contribution in [1.29, 1.82) is 0 Å². The van der Waals surface area contributed by atoms with Crippen LogP contribution in [0.25, 0.3) is 0 Å². The van der Waals surface area contributed by atoms with E-state index >= 15 is 0 Å². The molecule has 1 unspecified atom stereocenters. The fourth-order valence-electron chi connectivity index (χ4n) is 8.84. The van der Waals surface area contributed by atoms with Crippen LogP contribution in [0.1, 0.15) is 252 Å². The summed E-state index contributed by atoms with van der Waals surface area (Å²) >= 11 is 0. The third-order valence-corrected chi connectivity index (χ3v) is 13.1. The smallest absolute Gasteiger partial charge is 0.115 e. The van der Waals surface area contributed by atoms with Crippen molar-refractivity contribution in [3.8, 4) is 0 Å². The lowest BCUT2D eigenvalue weighted by Gasteiger charge is -2.31. The summed E-state index contributed by atoms with van der Waals surface area (Å²) < 4.78 is 26.6. The molecular weight excluding hydrogens is 823 g/mol. The lowest BCUT2D eigenvalue weighted by molar-refractivity contribution is -0.114. The van der Waals surface area contributed by atoms with Gasteiger partial charge >= 0.3 is 0 Å². The van der Waals surface area contributed by atoms with Crippen LogP contribution in [0.3, 0.4) is 0 Å². The van der Waals surface area contributed by atoms with Crippen LogP contribution in [-0.2, 0) is 18.9 Å². The summed E-state index contributed by atoms with van der Waals surface area (Å²) in [6, 6.07) is 0. The maximum Gasteiger partial charge on any atom is 0.115 e. The first-order valence-electron chi connectivity index (χ1n) is 29.1. The second kappa shape index (κ2) is 52.1. The minimum Gasteiger partial charge on any atom is -0.374 e. The molecule has 0 aromatic heterocycles. The Bertz CT molecular complexity index is 1170. The highest BCUT2D eigenvalue weighted by Gasteiger charge is 2.44. The molecule has 1 aliphatic rings. The summed E-state index contributed by atoms with van der Waals surface area (Å²) in [5.74, 6) is 0.